The normalized spacial score (nSPS) is 16.3. The van der Waals surface area contributed by atoms with Crippen molar-refractivity contribution < 1.29 is 13.2 Å². The van der Waals surface area contributed by atoms with Crippen molar-refractivity contribution in [1.29, 1.82) is 0 Å². The maximum atomic E-state index is 13.0. The van der Waals surface area contributed by atoms with Crippen molar-refractivity contribution in [3.63, 3.8) is 0 Å². The minimum Gasteiger partial charge on any atom is -0.355 e. The second-order valence-corrected chi connectivity index (χ2v) is 11.3. The van der Waals surface area contributed by atoms with Crippen LogP contribution in [-0.4, -0.2) is 38.3 Å². The molecule has 1 heterocycles. The first kappa shape index (κ1) is 23.5. The van der Waals surface area contributed by atoms with Crippen LogP contribution in [0.25, 0.3) is 0 Å². The van der Waals surface area contributed by atoms with Crippen molar-refractivity contribution in [3.8, 4) is 0 Å². The molecule has 0 aromatic heterocycles. The Morgan fingerprint density at radius 1 is 1.03 bits per heavy atom. The highest BCUT2D eigenvalue weighted by atomic mass is 32.2. The first-order valence-electron chi connectivity index (χ1n) is 10.9. The molecule has 0 atom stereocenters. The van der Waals surface area contributed by atoms with E-state index in [1.807, 2.05) is 26.0 Å². The molecule has 0 saturated carbocycles. The molecule has 1 aliphatic rings. The van der Waals surface area contributed by atoms with Gasteiger partial charge < -0.3 is 5.32 Å². The number of piperidine rings is 1. The highest BCUT2D eigenvalue weighted by Crippen LogP contribution is 2.26. The Kier molecular flexibility index (Phi) is 6.92. The standard InChI is InChI=1S/C25H34N2O3S/c1-18-7-6-8-22(15-18)25(4,5)17-26-24(28)21-11-13-27(14-12-21)31(29,30)23-10-9-19(2)20(3)16-23/h6-10,15-16,21H,11-14,17H2,1-5H3,(H,26,28). The number of amides is 1. The molecule has 0 radical (unpaired) electrons. The molecule has 1 amide bonds. The average molecular weight is 443 g/mol. The van der Waals surface area contributed by atoms with E-state index in [1.165, 1.54) is 15.4 Å². The van der Waals surface area contributed by atoms with Gasteiger partial charge in [-0.1, -0.05) is 49.7 Å². The third kappa shape index (κ3) is 5.36. The summed E-state index contributed by atoms with van der Waals surface area (Å²) in [5, 5.41) is 3.10. The molecular weight excluding hydrogens is 408 g/mol. The van der Waals surface area contributed by atoms with Crippen LogP contribution in [0.1, 0.15) is 48.9 Å². The molecular formula is C25H34N2O3S. The number of benzene rings is 2. The van der Waals surface area contributed by atoms with Crippen molar-refractivity contribution in [2.45, 2.75) is 57.8 Å². The second-order valence-electron chi connectivity index (χ2n) is 9.40. The lowest BCUT2D eigenvalue weighted by Gasteiger charge is -2.32. The van der Waals surface area contributed by atoms with Crippen LogP contribution in [0.2, 0.25) is 0 Å². The molecule has 6 heteroatoms. The SMILES string of the molecule is Cc1cccc(C(C)(C)CNC(=O)C2CCN(S(=O)(=O)c3ccc(C)c(C)c3)CC2)c1. The average Bonchev–Trinajstić information content (AvgIpc) is 2.74. The third-order valence-electron chi connectivity index (χ3n) is 6.44. The summed E-state index contributed by atoms with van der Waals surface area (Å²) >= 11 is 0. The van der Waals surface area contributed by atoms with Crippen LogP contribution < -0.4 is 5.32 Å². The van der Waals surface area contributed by atoms with E-state index in [4.69, 9.17) is 0 Å². The van der Waals surface area contributed by atoms with Crippen LogP contribution in [0, 0.1) is 26.7 Å². The Labute approximate surface area is 186 Å². The van der Waals surface area contributed by atoms with Gasteiger partial charge in [0.05, 0.1) is 4.90 Å². The smallest absolute Gasteiger partial charge is 0.243 e. The molecule has 0 aliphatic carbocycles. The number of carbonyl (C=O) groups excluding carboxylic acids is 1. The van der Waals surface area contributed by atoms with Gasteiger partial charge in [0, 0.05) is 31.0 Å². The van der Waals surface area contributed by atoms with E-state index in [0.717, 1.165) is 11.1 Å². The van der Waals surface area contributed by atoms with Crippen molar-refractivity contribution in [3.05, 3.63) is 64.7 Å². The number of hydrogen-bond donors (Lipinski definition) is 1. The highest BCUT2D eigenvalue weighted by molar-refractivity contribution is 7.89. The number of aryl methyl sites for hydroxylation is 3. The van der Waals surface area contributed by atoms with Gasteiger partial charge in [-0.15, -0.1) is 0 Å². The molecule has 1 aliphatic heterocycles. The molecule has 168 valence electrons. The number of hydrogen-bond acceptors (Lipinski definition) is 3. The van der Waals surface area contributed by atoms with E-state index in [2.05, 4.69) is 44.3 Å². The fourth-order valence-electron chi connectivity index (χ4n) is 4.00. The van der Waals surface area contributed by atoms with E-state index in [1.54, 1.807) is 12.1 Å². The Hall–Kier alpha value is -2.18. The van der Waals surface area contributed by atoms with Gasteiger partial charge in [0.25, 0.3) is 0 Å². The lowest BCUT2D eigenvalue weighted by atomic mass is 9.83. The number of nitrogens with one attached hydrogen (secondary N) is 1. The Morgan fingerprint density at radius 2 is 1.71 bits per heavy atom. The monoisotopic (exact) mass is 442 g/mol. The minimum atomic E-state index is -3.52. The predicted octanol–water partition coefficient (Wildman–Crippen LogP) is 4.11. The molecule has 0 bridgehead atoms. The van der Waals surface area contributed by atoms with Crippen LogP contribution >= 0.6 is 0 Å². The quantitative estimate of drug-likeness (QED) is 0.732. The van der Waals surface area contributed by atoms with Crippen LogP contribution in [0.4, 0.5) is 0 Å². The van der Waals surface area contributed by atoms with Gasteiger partial charge in [0.1, 0.15) is 0 Å². The third-order valence-corrected chi connectivity index (χ3v) is 8.34. The lowest BCUT2D eigenvalue weighted by molar-refractivity contribution is -0.126. The summed E-state index contributed by atoms with van der Waals surface area (Å²) < 4.78 is 27.5. The van der Waals surface area contributed by atoms with E-state index in [-0.39, 0.29) is 17.2 Å². The zero-order chi connectivity index (χ0) is 22.8. The van der Waals surface area contributed by atoms with Crippen LogP contribution in [0.15, 0.2) is 47.4 Å². The van der Waals surface area contributed by atoms with Gasteiger partial charge in [-0.2, -0.15) is 4.31 Å². The van der Waals surface area contributed by atoms with Crippen molar-refractivity contribution >= 4 is 15.9 Å². The van der Waals surface area contributed by atoms with E-state index in [9.17, 15) is 13.2 Å². The number of nitrogens with zero attached hydrogens (tertiary/aromatic N) is 1. The Morgan fingerprint density at radius 3 is 2.32 bits per heavy atom. The summed E-state index contributed by atoms with van der Waals surface area (Å²) in [4.78, 5) is 13.1. The molecule has 2 aromatic carbocycles. The molecule has 0 spiro atoms. The number of rotatable bonds is 6. The maximum absolute atomic E-state index is 13.0. The zero-order valence-electron chi connectivity index (χ0n) is 19.2. The van der Waals surface area contributed by atoms with Gasteiger partial charge in [0.2, 0.25) is 15.9 Å². The number of sulfonamides is 1. The molecule has 1 N–H and O–H groups in total. The topological polar surface area (TPSA) is 66.5 Å². The van der Waals surface area contributed by atoms with E-state index in [0.29, 0.717) is 37.4 Å². The van der Waals surface area contributed by atoms with Gasteiger partial charge in [-0.3, -0.25) is 4.79 Å². The zero-order valence-corrected chi connectivity index (χ0v) is 20.1. The fraction of sp³-hybridized carbons (Fsp3) is 0.480. The summed E-state index contributed by atoms with van der Waals surface area (Å²) in [5.41, 5.74) is 4.26. The van der Waals surface area contributed by atoms with E-state index < -0.39 is 10.0 Å². The summed E-state index contributed by atoms with van der Waals surface area (Å²) in [6.07, 6.45) is 1.08. The summed E-state index contributed by atoms with van der Waals surface area (Å²) in [6, 6.07) is 13.6. The molecule has 2 aromatic rings. The van der Waals surface area contributed by atoms with Gasteiger partial charge in [0.15, 0.2) is 0 Å². The molecule has 1 saturated heterocycles. The second kappa shape index (κ2) is 9.13. The van der Waals surface area contributed by atoms with Crippen LogP contribution in [0.3, 0.4) is 0 Å². The largest absolute Gasteiger partial charge is 0.355 e. The first-order chi connectivity index (χ1) is 14.5. The van der Waals surface area contributed by atoms with Gasteiger partial charge in [-0.05, 0) is 62.4 Å². The van der Waals surface area contributed by atoms with Crippen LogP contribution in [0.5, 0.6) is 0 Å². The van der Waals surface area contributed by atoms with E-state index >= 15 is 0 Å². The van der Waals surface area contributed by atoms with Crippen LogP contribution in [-0.2, 0) is 20.2 Å². The molecule has 31 heavy (non-hydrogen) atoms. The first-order valence-corrected chi connectivity index (χ1v) is 12.4. The molecule has 5 nitrogen and oxygen atoms in total. The van der Waals surface area contributed by atoms with Gasteiger partial charge in [-0.25, -0.2) is 8.42 Å². The summed E-state index contributed by atoms with van der Waals surface area (Å²) in [7, 11) is -3.52. The molecule has 1 fully saturated rings. The maximum Gasteiger partial charge on any atom is 0.243 e. The Balaban J connectivity index is 1.57. The fourth-order valence-corrected chi connectivity index (χ4v) is 5.56. The van der Waals surface area contributed by atoms with Crippen molar-refractivity contribution in [2.75, 3.05) is 19.6 Å². The summed E-state index contributed by atoms with van der Waals surface area (Å²) in [6.45, 7) is 11.5. The Bertz CT molecular complexity index is 1050. The predicted molar refractivity (Wildman–Crippen MR) is 125 cm³/mol. The minimum absolute atomic E-state index is 0.0176. The molecule has 0 unspecified atom stereocenters. The lowest BCUT2D eigenvalue weighted by Crippen LogP contribution is -2.45. The highest BCUT2D eigenvalue weighted by Gasteiger charge is 2.33. The summed E-state index contributed by atoms with van der Waals surface area (Å²) in [5.74, 6) is -0.136. The van der Waals surface area contributed by atoms with Gasteiger partial charge >= 0.3 is 0 Å². The van der Waals surface area contributed by atoms with Crippen molar-refractivity contribution in [2.24, 2.45) is 5.92 Å². The van der Waals surface area contributed by atoms with Crippen molar-refractivity contribution in [1.82, 2.24) is 9.62 Å². The number of carbonyl (C=O) groups is 1. The molecule has 3 rings (SSSR count).